The maximum absolute atomic E-state index is 14.7. The first kappa shape index (κ1) is 27.0. The van der Waals surface area contributed by atoms with E-state index in [0.717, 1.165) is 5.56 Å². The third-order valence-corrected chi connectivity index (χ3v) is 5.99. The quantitative estimate of drug-likeness (QED) is 0.548. The van der Waals surface area contributed by atoms with Crippen molar-refractivity contribution in [2.75, 3.05) is 6.54 Å². The summed E-state index contributed by atoms with van der Waals surface area (Å²) < 4.78 is 29.5. The number of carbonyl (C=O) groups excluding carboxylic acids is 4. The number of rotatable bonds is 8. The third-order valence-electron chi connectivity index (χ3n) is 5.99. The van der Waals surface area contributed by atoms with Crippen LogP contribution in [-0.2, 0) is 34.0 Å². The molecule has 0 saturated carbocycles. The SMILES string of the molecule is [B]C(=O)NC(=O)CCCN1Cc2cc(CNC(=O)C(F)(F)c3ccc(C(C)(C)C)cc3)ccc2C1=O. The van der Waals surface area contributed by atoms with Crippen LogP contribution in [0.1, 0.15) is 66.2 Å². The maximum Gasteiger partial charge on any atom is 0.349 e. The van der Waals surface area contributed by atoms with E-state index < -0.39 is 23.5 Å². The molecule has 0 aliphatic carbocycles. The fourth-order valence-corrected chi connectivity index (χ4v) is 3.96. The van der Waals surface area contributed by atoms with Crippen LogP contribution in [0.15, 0.2) is 42.5 Å². The largest absolute Gasteiger partial charge is 0.349 e. The Bertz CT molecular complexity index is 1180. The Balaban J connectivity index is 1.57. The summed E-state index contributed by atoms with van der Waals surface area (Å²) in [6.07, 6.45) is 0.376. The molecule has 7 nitrogen and oxygen atoms in total. The van der Waals surface area contributed by atoms with E-state index in [1.54, 1.807) is 35.2 Å². The molecule has 2 N–H and O–H groups in total. The molecule has 3 rings (SSSR count). The zero-order valence-electron chi connectivity index (χ0n) is 20.5. The Morgan fingerprint density at radius 3 is 2.28 bits per heavy atom. The number of carbonyl (C=O) groups is 4. The lowest BCUT2D eigenvalue weighted by Gasteiger charge is -2.21. The van der Waals surface area contributed by atoms with Gasteiger partial charge < -0.3 is 15.5 Å². The molecule has 10 heteroatoms. The summed E-state index contributed by atoms with van der Waals surface area (Å²) in [5.41, 5.74) is 2.08. The molecule has 36 heavy (non-hydrogen) atoms. The molecule has 1 aliphatic rings. The first-order valence-electron chi connectivity index (χ1n) is 11.6. The molecule has 0 fully saturated rings. The predicted octanol–water partition coefficient (Wildman–Crippen LogP) is 3.53. The summed E-state index contributed by atoms with van der Waals surface area (Å²) >= 11 is 0. The molecule has 0 bridgehead atoms. The molecule has 0 saturated heterocycles. The Labute approximate surface area is 210 Å². The van der Waals surface area contributed by atoms with Crippen molar-refractivity contribution in [2.24, 2.45) is 0 Å². The topological polar surface area (TPSA) is 95.6 Å². The van der Waals surface area contributed by atoms with Crippen LogP contribution in [0, 0.1) is 0 Å². The number of halogens is 2. The van der Waals surface area contributed by atoms with E-state index in [0.29, 0.717) is 36.2 Å². The van der Waals surface area contributed by atoms with Crippen LogP contribution in [0.25, 0.3) is 0 Å². The smallest absolute Gasteiger partial charge is 0.346 e. The summed E-state index contributed by atoms with van der Waals surface area (Å²) in [5.74, 6) is -6.76. The molecule has 4 amide bonds. The molecule has 1 aliphatic heterocycles. The molecule has 0 aromatic heterocycles. The number of benzene rings is 2. The molecule has 0 unspecified atom stereocenters. The summed E-state index contributed by atoms with van der Waals surface area (Å²) in [5, 5.41) is 4.25. The van der Waals surface area contributed by atoms with Gasteiger partial charge in [0.15, 0.2) is 5.81 Å². The molecule has 0 atom stereocenters. The highest BCUT2D eigenvalue weighted by Gasteiger charge is 2.40. The first-order valence-corrected chi connectivity index (χ1v) is 11.6. The van der Waals surface area contributed by atoms with Gasteiger partial charge in [-0.1, -0.05) is 57.2 Å². The van der Waals surface area contributed by atoms with Gasteiger partial charge in [0.2, 0.25) is 13.8 Å². The standard InChI is InChI=1S/C26H28BF2N3O4/c1-25(2,3)18-7-9-19(10-8-18)26(28,29)23(35)30-14-16-6-11-20-17(13-16)15-32(22(20)34)12-4-5-21(33)31-24(27)36/h6-11,13H,4-5,12,14-15H2,1-3H3,(H,30,35)(H,31,33,36). The lowest BCUT2D eigenvalue weighted by atomic mass is 9.86. The number of nitrogens with one attached hydrogen (secondary N) is 2. The van der Waals surface area contributed by atoms with E-state index in [-0.39, 0.29) is 29.9 Å². The van der Waals surface area contributed by atoms with E-state index in [9.17, 15) is 28.0 Å². The van der Waals surface area contributed by atoms with Gasteiger partial charge in [-0.25, -0.2) is 0 Å². The van der Waals surface area contributed by atoms with E-state index in [1.165, 1.54) is 12.1 Å². The number of hydrogen-bond acceptors (Lipinski definition) is 4. The summed E-state index contributed by atoms with van der Waals surface area (Å²) in [4.78, 5) is 48.7. The molecule has 1 heterocycles. The predicted molar refractivity (Wildman–Crippen MR) is 131 cm³/mol. The van der Waals surface area contributed by atoms with Crippen LogP contribution >= 0.6 is 0 Å². The molecule has 188 valence electrons. The van der Waals surface area contributed by atoms with Crippen molar-refractivity contribution >= 4 is 31.4 Å². The zero-order chi connectivity index (χ0) is 26.7. The second kappa shape index (κ2) is 10.6. The lowest BCUT2D eigenvalue weighted by Crippen LogP contribution is -2.37. The van der Waals surface area contributed by atoms with Gasteiger partial charge in [-0.05, 0) is 34.6 Å². The molecule has 0 spiro atoms. The Morgan fingerprint density at radius 1 is 1.03 bits per heavy atom. The Kier molecular flexibility index (Phi) is 7.96. The molecule has 2 radical (unpaired) electrons. The second-order valence-electron chi connectivity index (χ2n) is 9.82. The second-order valence-corrected chi connectivity index (χ2v) is 9.82. The molecular weight excluding hydrogens is 467 g/mol. The van der Waals surface area contributed by atoms with Crippen molar-refractivity contribution in [3.63, 3.8) is 0 Å². The molecular formula is C26H28BF2N3O4. The number of amides is 4. The minimum absolute atomic E-state index is 0.0352. The first-order chi connectivity index (χ1) is 16.8. The van der Waals surface area contributed by atoms with Crippen LogP contribution < -0.4 is 10.6 Å². The van der Waals surface area contributed by atoms with Gasteiger partial charge in [0.05, 0.1) is 0 Å². The minimum Gasteiger partial charge on any atom is -0.346 e. The zero-order valence-corrected chi connectivity index (χ0v) is 20.5. The van der Waals surface area contributed by atoms with Crippen molar-refractivity contribution in [1.82, 2.24) is 15.5 Å². The lowest BCUT2D eigenvalue weighted by molar-refractivity contribution is -0.147. The Hall–Kier alpha value is -3.56. The monoisotopic (exact) mass is 495 g/mol. The summed E-state index contributed by atoms with van der Waals surface area (Å²) in [6.45, 7) is 6.39. The van der Waals surface area contributed by atoms with E-state index in [4.69, 9.17) is 7.85 Å². The van der Waals surface area contributed by atoms with Crippen LogP contribution in [0.4, 0.5) is 13.6 Å². The van der Waals surface area contributed by atoms with Crippen LogP contribution in [0.2, 0.25) is 0 Å². The fraction of sp³-hybridized carbons (Fsp3) is 0.385. The van der Waals surface area contributed by atoms with Crippen molar-refractivity contribution in [3.8, 4) is 0 Å². The van der Waals surface area contributed by atoms with Crippen molar-refractivity contribution in [3.05, 3.63) is 70.3 Å². The number of hydrogen-bond donors (Lipinski definition) is 2. The van der Waals surface area contributed by atoms with Gasteiger partial charge in [0, 0.05) is 37.2 Å². The van der Waals surface area contributed by atoms with Gasteiger partial charge in [-0.2, -0.15) is 8.78 Å². The van der Waals surface area contributed by atoms with Gasteiger partial charge in [0.25, 0.3) is 11.8 Å². The van der Waals surface area contributed by atoms with E-state index >= 15 is 0 Å². The van der Waals surface area contributed by atoms with Crippen molar-refractivity contribution in [1.29, 1.82) is 0 Å². The number of nitrogens with zero attached hydrogens (tertiary/aromatic N) is 1. The third kappa shape index (κ3) is 6.36. The number of alkyl halides is 2. The van der Waals surface area contributed by atoms with Crippen LogP contribution in [0.3, 0.4) is 0 Å². The highest BCUT2D eigenvalue weighted by molar-refractivity contribution is 6.58. The number of imide groups is 1. The fourth-order valence-electron chi connectivity index (χ4n) is 3.96. The van der Waals surface area contributed by atoms with Gasteiger partial charge in [0.1, 0.15) is 0 Å². The molecule has 2 aromatic rings. The highest BCUT2D eigenvalue weighted by atomic mass is 19.3. The van der Waals surface area contributed by atoms with Gasteiger partial charge in [-0.15, -0.1) is 0 Å². The summed E-state index contributed by atoms with van der Waals surface area (Å²) in [7, 11) is 4.89. The summed E-state index contributed by atoms with van der Waals surface area (Å²) in [6, 6.07) is 10.7. The average molecular weight is 495 g/mol. The van der Waals surface area contributed by atoms with Crippen molar-refractivity contribution < 1.29 is 28.0 Å². The van der Waals surface area contributed by atoms with E-state index in [1.807, 2.05) is 26.1 Å². The normalized spacial score (nSPS) is 13.4. The van der Waals surface area contributed by atoms with Crippen LogP contribution in [-0.4, -0.2) is 42.8 Å². The van der Waals surface area contributed by atoms with Gasteiger partial charge >= 0.3 is 5.92 Å². The minimum atomic E-state index is -3.69. The highest BCUT2D eigenvalue weighted by Crippen LogP contribution is 2.31. The molecule has 2 aromatic carbocycles. The van der Waals surface area contributed by atoms with Crippen LogP contribution in [0.5, 0.6) is 0 Å². The number of fused-ring (bicyclic) bond motifs is 1. The van der Waals surface area contributed by atoms with Crippen molar-refractivity contribution in [2.45, 2.75) is 58.0 Å². The van der Waals surface area contributed by atoms with Gasteiger partial charge in [-0.3, -0.25) is 19.2 Å². The average Bonchev–Trinajstić information content (AvgIpc) is 3.11. The Morgan fingerprint density at radius 2 is 1.67 bits per heavy atom. The maximum atomic E-state index is 14.7. The van der Waals surface area contributed by atoms with E-state index in [2.05, 4.69) is 5.32 Å².